The first-order valence-electron chi connectivity index (χ1n) is 9.90. The van der Waals surface area contributed by atoms with Crippen LogP contribution in [0, 0.1) is 5.92 Å². The maximum Gasteiger partial charge on any atom is 0.320 e. The number of thioether (sulfide) groups is 1. The SMILES string of the molecule is CCOC(=O)C(CC(SC(=S)N1CCCCC1)c1ccccc1)C(=O)OCC. The Bertz CT molecular complexity index is 629. The fraction of sp³-hybridized carbons (Fsp3) is 0.571. The highest BCUT2D eigenvalue weighted by Crippen LogP contribution is 2.37. The van der Waals surface area contributed by atoms with E-state index in [0.717, 1.165) is 35.8 Å². The molecule has 0 amide bonds. The standard InChI is InChI=1S/C21H29NO4S2/c1-3-25-19(23)17(20(24)26-4-2)15-18(16-11-7-5-8-12-16)28-21(27)22-13-9-6-10-14-22/h5,7-8,11-12,17-18H,3-4,6,9-10,13-15H2,1-2H3. The molecule has 7 heteroatoms. The third-order valence-corrected chi connectivity index (χ3v) is 6.38. The van der Waals surface area contributed by atoms with Crippen molar-refractivity contribution in [3.63, 3.8) is 0 Å². The van der Waals surface area contributed by atoms with Gasteiger partial charge >= 0.3 is 11.9 Å². The van der Waals surface area contributed by atoms with E-state index < -0.39 is 17.9 Å². The molecule has 0 spiro atoms. The van der Waals surface area contributed by atoms with Crippen LogP contribution in [0.5, 0.6) is 0 Å². The molecule has 1 aromatic rings. The van der Waals surface area contributed by atoms with E-state index in [0.29, 0.717) is 6.42 Å². The summed E-state index contributed by atoms with van der Waals surface area (Å²) in [5.74, 6) is -2.03. The van der Waals surface area contributed by atoms with E-state index in [1.54, 1.807) is 25.6 Å². The van der Waals surface area contributed by atoms with Crippen molar-refractivity contribution in [2.45, 2.75) is 44.8 Å². The van der Waals surface area contributed by atoms with Crippen molar-refractivity contribution >= 4 is 40.2 Å². The molecular weight excluding hydrogens is 394 g/mol. The molecule has 1 fully saturated rings. The fourth-order valence-electron chi connectivity index (χ4n) is 3.18. The minimum Gasteiger partial charge on any atom is -0.465 e. The zero-order chi connectivity index (χ0) is 20.4. The summed E-state index contributed by atoms with van der Waals surface area (Å²) in [6.07, 6.45) is 3.82. The molecule has 2 rings (SSSR count). The molecule has 1 saturated heterocycles. The van der Waals surface area contributed by atoms with Gasteiger partial charge in [-0.2, -0.15) is 0 Å². The summed E-state index contributed by atoms with van der Waals surface area (Å²) < 4.78 is 11.1. The average Bonchev–Trinajstić information content (AvgIpc) is 2.72. The Hall–Kier alpha value is -1.60. The number of thiocarbonyl (C=S) groups is 1. The second kappa shape index (κ2) is 12.1. The van der Waals surface area contributed by atoms with Crippen LogP contribution in [0.2, 0.25) is 0 Å². The number of esters is 2. The van der Waals surface area contributed by atoms with Gasteiger partial charge in [0.15, 0.2) is 5.92 Å². The molecule has 1 aliphatic rings. The van der Waals surface area contributed by atoms with E-state index >= 15 is 0 Å². The van der Waals surface area contributed by atoms with Crippen molar-refractivity contribution in [1.29, 1.82) is 0 Å². The van der Waals surface area contributed by atoms with Gasteiger partial charge in [0.2, 0.25) is 0 Å². The highest BCUT2D eigenvalue weighted by Gasteiger charge is 2.34. The van der Waals surface area contributed by atoms with Crippen LogP contribution in [0.15, 0.2) is 30.3 Å². The van der Waals surface area contributed by atoms with Crippen LogP contribution in [0.4, 0.5) is 0 Å². The van der Waals surface area contributed by atoms with E-state index in [9.17, 15) is 9.59 Å². The van der Waals surface area contributed by atoms with Gasteiger partial charge in [-0.3, -0.25) is 9.59 Å². The highest BCUT2D eigenvalue weighted by molar-refractivity contribution is 8.23. The van der Waals surface area contributed by atoms with E-state index in [2.05, 4.69) is 4.90 Å². The van der Waals surface area contributed by atoms with Crippen molar-refractivity contribution in [3.8, 4) is 0 Å². The molecule has 5 nitrogen and oxygen atoms in total. The first-order valence-corrected chi connectivity index (χ1v) is 11.2. The third kappa shape index (κ3) is 6.78. The Labute approximate surface area is 177 Å². The first-order chi connectivity index (χ1) is 13.6. The smallest absolute Gasteiger partial charge is 0.320 e. The summed E-state index contributed by atoms with van der Waals surface area (Å²) >= 11 is 7.24. The molecule has 0 bridgehead atoms. The van der Waals surface area contributed by atoms with Crippen molar-refractivity contribution < 1.29 is 19.1 Å². The molecule has 28 heavy (non-hydrogen) atoms. The normalized spacial score (nSPS) is 15.2. The quantitative estimate of drug-likeness (QED) is 0.350. The van der Waals surface area contributed by atoms with Gasteiger partial charge in [-0.05, 0) is 45.1 Å². The van der Waals surface area contributed by atoms with Gasteiger partial charge in [0, 0.05) is 18.3 Å². The van der Waals surface area contributed by atoms with Crippen LogP contribution in [-0.4, -0.2) is 47.5 Å². The Balaban J connectivity index is 2.20. The van der Waals surface area contributed by atoms with E-state index in [4.69, 9.17) is 21.7 Å². The van der Waals surface area contributed by atoms with Gasteiger partial charge in [-0.1, -0.05) is 54.3 Å². The number of benzene rings is 1. The second-order valence-corrected chi connectivity index (χ2v) is 8.46. The number of hydrogen-bond donors (Lipinski definition) is 0. The lowest BCUT2D eigenvalue weighted by molar-refractivity contribution is -0.161. The lowest BCUT2D eigenvalue weighted by Crippen LogP contribution is -2.34. The van der Waals surface area contributed by atoms with Crippen molar-refractivity contribution in [2.24, 2.45) is 5.92 Å². The molecule has 1 atom stereocenters. The lowest BCUT2D eigenvalue weighted by atomic mass is 9.99. The summed E-state index contributed by atoms with van der Waals surface area (Å²) in [6, 6.07) is 9.86. The first kappa shape index (κ1) is 22.7. The molecule has 0 aromatic heterocycles. The summed E-state index contributed by atoms with van der Waals surface area (Å²) in [7, 11) is 0. The number of carbonyl (C=O) groups excluding carboxylic acids is 2. The Morgan fingerprint density at radius 3 is 2.14 bits per heavy atom. The van der Waals surface area contributed by atoms with Crippen molar-refractivity contribution in [2.75, 3.05) is 26.3 Å². The Morgan fingerprint density at radius 1 is 1.04 bits per heavy atom. The van der Waals surface area contributed by atoms with Gasteiger partial charge in [0.05, 0.1) is 13.2 Å². The molecule has 1 heterocycles. The molecular formula is C21H29NO4S2. The molecule has 0 aliphatic carbocycles. The summed E-state index contributed by atoms with van der Waals surface area (Å²) in [5.41, 5.74) is 1.03. The van der Waals surface area contributed by atoms with Crippen molar-refractivity contribution in [3.05, 3.63) is 35.9 Å². The van der Waals surface area contributed by atoms with Crippen molar-refractivity contribution in [1.82, 2.24) is 4.90 Å². The van der Waals surface area contributed by atoms with Crippen LogP contribution in [-0.2, 0) is 19.1 Å². The number of likely N-dealkylation sites (tertiary alicyclic amines) is 1. The van der Waals surface area contributed by atoms with Crippen LogP contribution >= 0.6 is 24.0 Å². The van der Waals surface area contributed by atoms with Gasteiger partial charge in [0.1, 0.15) is 4.32 Å². The monoisotopic (exact) mass is 423 g/mol. The summed E-state index contributed by atoms with van der Waals surface area (Å²) in [6.45, 7) is 5.84. The number of carbonyl (C=O) groups is 2. The van der Waals surface area contributed by atoms with E-state index in [1.807, 2.05) is 30.3 Å². The van der Waals surface area contributed by atoms with Gasteiger partial charge in [-0.15, -0.1) is 0 Å². The molecule has 1 unspecified atom stereocenters. The number of rotatable bonds is 8. The largest absolute Gasteiger partial charge is 0.465 e. The minimum atomic E-state index is -0.957. The molecule has 0 saturated carbocycles. The zero-order valence-electron chi connectivity index (χ0n) is 16.6. The van der Waals surface area contributed by atoms with E-state index in [1.165, 1.54) is 6.42 Å². The highest BCUT2D eigenvalue weighted by atomic mass is 32.2. The average molecular weight is 424 g/mol. The third-order valence-electron chi connectivity index (χ3n) is 4.62. The van der Waals surface area contributed by atoms with Crippen LogP contribution in [0.25, 0.3) is 0 Å². The van der Waals surface area contributed by atoms with Gasteiger partial charge in [0.25, 0.3) is 0 Å². The number of ether oxygens (including phenoxy) is 2. The second-order valence-electron chi connectivity index (χ2n) is 6.62. The number of hydrogen-bond acceptors (Lipinski definition) is 6. The summed E-state index contributed by atoms with van der Waals surface area (Å²) in [4.78, 5) is 27.1. The Morgan fingerprint density at radius 2 is 1.61 bits per heavy atom. The lowest BCUT2D eigenvalue weighted by Gasteiger charge is -2.31. The predicted octanol–water partition coefficient (Wildman–Crippen LogP) is 4.36. The Kier molecular flexibility index (Phi) is 9.78. The van der Waals surface area contributed by atoms with Crippen LogP contribution in [0.1, 0.15) is 50.3 Å². The van der Waals surface area contributed by atoms with Gasteiger partial charge in [-0.25, -0.2) is 0 Å². The maximum absolute atomic E-state index is 12.4. The number of nitrogens with zero attached hydrogens (tertiary/aromatic N) is 1. The molecule has 1 aliphatic heterocycles. The minimum absolute atomic E-state index is 0.130. The maximum atomic E-state index is 12.4. The topological polar surface area (TPSA) is 55.8 Å². The molecule has 154 valence electrons. The van der Waals surface area contributed by atoms with Crippen LogP contribution in [0.3, 0.4) is 0 Å². The predicted molar refractivity (Wildman–Crippen MR) is 116 cm³/mol. The molecule has 0 N–H and O–H groups in total. The zero-order valence-corrected chi connectivity index (χ0v) is 18.2. The molecule has 1 aromatic carbocycles. The molecule has 0 radical (unpaired) electrons. The summed E-state index contributed by atoms with van der Waals surface area (Å²) in [5, 5.41) is -0.130. The van der Waals surface area contributed by atoms with E-state index in [-0.39, 0.29) is 18.5 Å². The van der Waals surface area contributed by atoms with Crippen LogP contribution < -0.4 is 0 Å². The number of piperidine rings is 1. The van der Waals surface area contributed by atoms with Gasteiger partial charge < -0.3 is 14.4 Å². The fourth-order valence-corrected chi connectivity index (χ4v) is 4.87.